The van der Waals surface area contributed by atoms with Gasteiger partial charge in [-0.25, -0.2) is 13.2 Å². The number of fused-ring (bicyclic) bond motifs is 1. The Morgan fingerprint density at radius 1 is 1.00 bits per heavy atom. The first-order valence-electron chi connectivity index (χ1n) is 6.11. The van der Waals surface area contributed by atoms with Gasteiger partial charge in [-0.3, -0.25) is 5.41 Å². The third-order valence-corrected chi connectivity index (χ3v) is 3.36. The highest BCUT2D eigenvalue weighted by Crippen LogP contribution is 2.25. The Kier molecular flexibility index (Phi) is 2.97. The van der Waals surface area contributed by atoms with Crippen molar-refractivity contribution in [2.24, 2.45) is 0 Å². The molecule has 0 amide bonds. The van der Waals surface area contributed by atoms with Gasteiger partial charge in [-0.05, 0) is 35.4 Å². The molecule has 102 valence electrons. The number of rotatable bonds is 2. The van der Waals surface area contributed by atoms with Crippen LogP contribution in [0.3, 0.4) is 0 Å². The van der Waals surface area contributed by atoms with Gasteiger partial charge in [0.05, 0.1) is 0 Å². The highest BCUT2D eigenvalue weighted by molar-refractivity contribution is 6.00. The molecule has 1 aliphatic rings. The summed E-state index contributed by atoms with van der Waals surface area (Å²) < 4.78 is 39.2. The Balaban J connectivity index is 1.84. The zero-order chi connectivity index (χ0) is 14.3. The van der Waals surface area contributed by atoms with Crippen LogP contribution in [0.5, 0.6) is 0 Å². The smallest absolute Gasteiger partial charge is 0.159 e. The second kappa shape index (κ2) is 4.67. The van der Waals surface area contributed by atoms with Gasteiger partial charge in [0.15, 0.2) is 11.6 Å². The molecule has 0 atom stereocenters. The lowest BCUT2D eigenvalue weighted by Gasteiger charge is -2.18. The summed E-state index contributed by atoms with van der Waals surface area (Å²) in [6.07, 6.45) is 0. The van der Waals surface area contributed by atoms with E-state index in [0.29, 0.717) is 17.7 Å². The number of benzene rings is 2. The van der Waals surface area contributed by atoms with Crippen LogP contribution in [0.25, 0.3) is 0 Å². The van der Waals surface area contributed by atoms with E-state index >= 15 is 0 Å². The van der Waals surface area contributed by atoms with Gasteiger partial charge < -0.3 is 4.90 Å². The van der Waals surface area contributed by atoms with Crippen LogP contribution in [0, 0.1) is 22.9 Å². The number of amidine groups is 1. The van der Waals surface area contributed by atoms with Crippen molar-refractivity contribution in [1.29, 1.82) is 5.41 Å². The van der Waals surface area contributed by atoms with Crippen molar-refractivity contribution in [1.82, 2.24) is 4.90 Å². The van der Waals surface area contributed by atoms with Crippen molar-refractivity contribution < 1.29 is 13.2 Å². The van der Waals surface area contributed by atoms with E-state index in [1.807, 2.05) is 0 Å². The zero-order valence-corrected chi connectivity index (χ0v) is 10.5. The molecule has 0 aromatic heterocycles. The van der Waals surface area contributed by atoms with Crippen molar-refractivity contribution in [3.63, 3.8) is 0 Å². The van der Waals surface area contributed by atoms with E-state index < -0.39 is 11.6 Å². The van der Waals surface area contributed by atoms with Gasteiger partial charge in [0.2, 0.25) is 0 Å². The fourth-order valence-corrected chi connectivity index (χ4v) is 2.36. The van der Waals surface area contributed by atoms with Crippen molar-refractivity contribution in [3.05, 3.63) is 70.5 Å². The molecule has 0 saturated carbocycles. The molecule has 5 heteroatoms. The van der Waals surface area contributed by atoms with Crippen LogP contribution in [0.4, 0.5) is 13.2 Å². The fourth-order valence-electron chi connectivity index (χ4n) is 2.36. The molecule has 0 saturated heterocycles. The SMILES string of the molecule is N=C1c2cc(F)ccc2CN1Cc1ccc(F)c(F)c1. The molecule has 0 radical (unpaired) electrons. The van der Waals surface area contributed by atoms with E-state index in [4.69, 9.17) is 5.41 Å². The van der Waals surface area contributed by atoms with Crippen LogP contribution in [-0.4, -0.2) is 10.7 Å². The minimum Gasteiger partial charge on any atom is -0.348 e. The molecular formula is C15H11F3N2. The fraction of sp³-hybridized carbons (Fsp3) is 0.133. The first-order valence-corrected chi connectivity index (χ1v) is 6.11. The Morgan fingerprint density at radius 2 is 1.80 bits per heavy atom. The third-order valence-electron chi connectivity index (χ3n) is 3.36. The summed E-state index contributed by atoms with van der Waals surface area (Å²) in [6.45, 7) is 0.750. The van der Waals surface area contributed by atoms with Crippen molar-refractivity contribution in [3.8, 4) is 0 Å². The molecule has 1 N–H and O–H groups in total. The quantitative estimate of drug-likeness (QED) is 0.893. The Hall–Kier alpha value is -2.30. The molecule has 0 fully saturated rings. The predicted octanol–water partition coefficient (Wildman–Crippen LogP) is 3.45. The van der Waals surface area contributed by atoms with Crippen LogP contribution in [-0.2, 0) is 13.1 Å². The van der Waals surface area contributed by atoms with E-state index in [9.17, 15) is 13.2 Å². The van der Waals surface area contributed by atoms with Crippen LogP contribution in [0.2, 0.25) is 0 Å². The zero-order valence-electron chi connectivity index (χ0n) is 10.5. The topological polar surface area (TPSA) is 27.1 Å². The van der Waals surface area contributed by atoms with Crippen LogP contribution in [0.15, 0.2) is 36.4 Å². The van der Waals surface area contributed by atoms with Crippen molar-refractivity contribution >= 4 is 5.84 Å². The summed E-state index contributed by atoms with van der Waals surface area (Å²) >= 11 is 0. The van der Waals surface area contributed by atoms with Gasteiger partial charge in [0, 0.05) is 18.7 Å². The largest absolute Gasteiger partial charge is 0.348 e. The lowest BCUT2D eigenvalue weighted by atomic mass is 10.1. The molecule has 0 aliphatic carbocycles. The van der Waals surface area contributed by atoms with Crippen LogP contribution in [0.1, 0.15) is 16.7 Å². The van der Waals surface area contributed by atoms with Gasteiger partial charge in [0.1, 0.15) is 11.7 Å². The number of nitrogens with one attached hydrogen (secondary N) is 1. The lowest BCUT2D eigenvalue weighted by molar-refractivity contribution is 0.419. The van der Waals surface area contributed by atoms with E-state index in [1.54, 1.807) is 11.0 Å². The molecule has 0 bridgehead atoms. The third kappa shape index (κ3) is 2.15. The average Bonchev–Trinajstić information content (AvgIpc) is 2.71. The number of hydrogen-bond donors (Lipinski definition) is 1. The molecule has 20 heavy (non-hydrogen) atoms. The Labute approximate surface area is 114 Å². The van der Waals surface area contributed by atoms with Gasteiger partial charge in [-0.2, -0.15) is 0 Å². The molecule has 0 spiro atoms. The molecule has 1 aliphatic heterocycles. The number of hydrogen-bond acceptors (Lipinski definition) is 1. The second-order valence-corrected chi connectivity index (χ2v) is 4.75. The summed E-state index contributed by atoms with van der Waals surface area (Å²) in [7, 11) is 0. The summed E-state index contributed by atoms with van der Waals surface area (Å²) in [5, 5.41) is 8.02. The number of halogens is 3. The summed E-state index contributed by atoms with van der Waals surface area (Å²) in [5.74, 6) is -1.99. The minimum atomic E-state index is -0.906. The van der Waals surface area contributed by atoms with Crippen LogP contribution < -0.4 is 0 Å². The maximum atomic E-state index is 13.2. The molecule has 3 rings (SSSR count). The van der Waals surface area contributed by atoms with E-state index in [1.165, 1.54) is 18.2 Å². The maximum Gasteiger partial charge on any atom is 0.159 e. The van der Waals surface area contributed by atoms with Crippen molar-refractivity contribution in [2.45, 2.75) is 13.1 Å². The Morgan fingerprint density at radius 3 is 2.55 bits per heavy atom. The van der Waals surface area contributed by atoms with Gasteiger partial charge >= 0.3 is 0 Å². The normalized spacial score (nSPS) is 13.8. The van der Waals surface area contributed by atoms with Crippen LogP contribution >= 0.6 is 0 Å². The molecular weight excluding hydrogens is 265 g/mol. The molecule has 1 heterocycles. The lowest BCUT2D eigenvalue weighted by Crippen LogP contribution is -2.23. The minimum absolute atomic E-state index is 0.198. The highest BCUT2D eigenvalue weighted by Gasteiger charge is 2.24. The average molecular weight is 276 g/mol. The van der Waals surface area contributed by atoms with E-state index in [-0.39, 0.29) is 18.2 Å². The summed E-state index contributed by atoms with van der Waals surface area (Å²) in [5.41, 5.74) is 1.98. The standard InChI is InChI=1S/C15H11F3N2/c16-11-3-2-10-8-20(15(19)12(10)6-11)7-9-1-4-13(17)14(18)5-9/h1-6,19H,7-8H2. The van der Waals surface area contributed by atoms with E-state index in [0.717, 1.165) is 17.7 Å². The summed E-state index contributed by atoms with van der Waals surface area (Å²) in [6, 6.07) is 7.99. The number of nitrogens with zero attached hydrogens (tertiary/aromatic N) is 1. The first-order chi connectivity index (χ1) is 9.54. The first kappa shape index (κ1) is 12.7. The maximum absolute atomic E-state index is 13.2. The molecule has 2 aromatic carbocycles. The molecule has 2 nitrogen and oxygen atoms in total. The molecule has 0 unspecified atom stereocenters. The monoisotopic (exact) mass is 276 g/mol. The van der Waals surface area contributed by atoms with Crippen molar-refractivity contribution in [2.75, 3.05) is 0 Å². The second-order valence-electron chi connectivity index (χ2n) is 4.75. The highest BCUT2D eigenvalue weighted by atomic mass is 19.2. The van der Waals surface area contributed by atoms with Gasteiger partial charge in [0.25, 0.3) is 0 Å². The summed E-state index contributed by atoms with van der Waals surface area (Å²) in [4.78, 5) is 1.69. The van der Waals surface area contributed by atoms with Gasteiger partial charge in [-0.1, -0.05) is 12.1 Å². The molecule has 2 aromatic rings. The van der Waals surface area contributed by atoms with E-state index in [2.05, 4.69) is 0 Å². The Bertz CT molecular complexity index is 698. The predicted molar refractivity (Wildman–Crippen MR) is 68.8 cm³/mol. The van der Waals surface area contributed by atoms with Gasteiger partial charge in [-0.15, -0.1) is 0 Å².